The van der Waals surface area contributed by atoms with Crippen molar-refractivity contribution in [2.75, 3.05) is 0 Å². The Morgan fingerprint density at radius 1 is 1.33 bits per heavy atom. The van der Waals surface area contributed by atoms with Gasteiger partial charge in [-0.1, -0.05) is 37.3 Å². The van der Waals surface area contributed by atoms with E-state index in [1.54, 1.807) is 12.1 Å². The molecule has 0 radical (unpaired) electrons. The summed E-state index contributed by atoms with van der Waals surface area (Å²) >= 11 is 0. The van der Waals surface area contributed by atoms with Gasteiger partial charge in [0, 0.05) is 6.42 Å². The largest absolute Gasteiger partial charge is 0.456 e. The van der Waals surface area contributed by atoms with E-state index in [-0.39, 0.29) is 24.3 Å². The van der Waals surface area contributed by atoms with Crippen molar-refractivity contribution < 1.29 is 14.3 Å². The van der Waals surface area contributed by atoms with Gasteiger partial charge in [0.2, 0.25) is 0 Å². The maximum atomic E-state index is 12.1. The van der Waals surface area contributed by atoms with Crippen LogP contribution >= 0.6 is 0 Å². The number of hydrogen-bond acceptors (Lipinski definition) is 3. The monoisotopic (exact) mass is 288 g/mol. The zero-order valence-electron chi connectivity index (χ0n) is 12.8. The Balaban J connectivity index is 1.90. The van der Waals surface area contributed by atoms with Crippen molar-refractivity contribution in [3.05, 3.63) is 48.0 Å². The molecule has 3 atom stereocenters. The summed E-state index contributed by atoms with van der Waals surface area (Å²) in [7, 11) is 0. The van der Waals surface area contributed by atoms with Crippen molar-refractivity contribution in [2.24, 2.45) is 0 Å². The molecule has 0 bridgehead atoms. The van der Waals surface area contributed by atoms with Crippen molar-refractivity contribution in [3.8, 4) is 0 Å². The number of esters is 1. The van der Waals surface area contributed by atoms with Crippen LogP contribution in [0.5, 0.6) is 0 Å². The van der Waals surface area contributed by atoms with Crippen molar-refractivity contribution >= 4 is 5.97 Å². The molecule has 0 spiro atoms. The SMILES string of the molecule is CC/C=C/CC[C@@H]1O[C@H](C)C[C@H]1OC(=O)c1ccccc1. The number of hydrogen-bond donors (Lipinski definition) is 0. The second-order valence-electron chi connectivity index (χ2n) is 5.49. The molecule has 0 amide bonds. The third kappa shape index (κ3) is 4.71. The molecule has 1 aliphatic heterocycles. The van der Waals surface area contributed by atoms with Crippen LogP contribution in [-0.4, -0.2) is 24.3 Å². The lowest BCUT2D eigenvalue weighted by Gasteiger charge is -2.18. The van der Waals surface area contributed by atoms with Gasteiger partial charge in [0.1, 0.15) is 6.10 Å². The molecular formula is C18H24O3. The summed E-state index contributed by atoms with van der Waals surface area (Å²) in [5.41, 5.74) is 0.599. The molecule has 1 aliphatic rings. The van der Waals surface area contributed by atoms with Crippen molar-refractivity contribution in [2.45, 2.75) is 57.8 Å². The number of allylic oxidation sites excluding steroid dienone is 2. The Morgan fingerprint density at radius 2 is 2.10 bits per heavy atom. The highest BCUT2D eigenvalue weighted by molar-refractivity contribution is 5.89. The standard InChI is InChI=1S/C18H24O3/c1-3-4-5-9-12-16-17(13-14(2)20-16)21-18(19)15-10-7-6-8-11-15/h4-8,10-11,14,16-17H,3,9,12-13H2,1-2H3/b5-4+/t14-,16+,17-/m1/s1. The van der Waals surface area contributed by atoms with E-state index in [1.807, 2.05) is 25.1 Å². The molecule has 0 aliphatic carbocycles. The number of carbonyl (C=O) groups is 1. The molecular weight excluding hydrogens is 264 g/mol. The molecule has 1 aromatic carbocycles. The molecule has 1 saturated heterocycles. The summed E-state index contributed by atoms with van der Waals surface area (Å²) in [6.45, 7) is 4.15. The molecule has 0 saturated carbocycles. The summed E-state index contributed by atoms with van der Waals surface area (Å²) in [6, 6.07) is 9.14. The lowest BCUT2D eigenvalue weighted by molar-refractivity contribution is -0.0114. The van der Waals surface area contributed by atoms with E-state index in [2.05, 4.69) is 19.1 Å². The van der Waals surface area contributed by atoms with Gasteiger partial charge in [-0.3, -0.25) is 0 Å². The van der Waals surface area contributed by atoms with Crippen molar-refractivity contribution in [1.29, 1.82) is 0 Å². The first kappa shape index (κ1) is 15.8. The number of ether oxygens (including phenoxy) is 2. The quantitative estimate of drug-likeness (QED) is 0.583. The van der Waals surface area contributed by atoms with Crippen LogP contribution < -0.4 is 0 Å². The highest BCUT2D eigenvalue weighted by Gasteiger charge is 2.35. The fraction of sp³-hybridized carbons (Fsp3) is 0.500. The van der Waals surface area contributed by atoms with Gasteiger partial charge in [0.15, 0.2) is 0 Å². The normalized spacial score (nSPS) is 25.3. The van der Waals surface area contributed by atoms with Gasteiger partial charge in [-0.25, -0.2) is 4.79 Å². The molecule has 1 fully saturated rings. The van der Waals surface area contributed by atoms with Gasteiger partial charge < -0.3 is 9.47 Å². The van der Waals surface area contributed by atoms with Crippen molar-refractivity contribution in [3.63, 3.8) is 0 Å². The number of carbonyl (C=O) groups excluding carboxylic acids is 1. The van der Waals surface area contributed by atoms with Crippen LogP contribution in [0.2, 0.25) is 0 Å². The highest BCUT2D eigenvalue weighted by Crippen LogP contribution is 2.27. The second-order valence-corrected chi connectivity index (χ2v) is 5.49. The van der Waals surface area contributed by atoms with E-state index in [1.165, 1.54) is 0 Å². The van der Waals surface area contributed by atoms with Crippen LogP contribution in [-0.2, 0) is 9.47 Å². The molecule has 3 nitrogen and oxygen atoms in total. The zero-order chi connectivity index (χ0) is 15.1. The first-order chi connectivity index (χ1) is 10.2. The minimum atomic E-state index is -0.257. The first-order valence-corrected chi connectivity index (χ1v) is 7.77. The van der Waals surface area contributed by atoms with Crippen LogP contribution in [0.4, 0.5) is 0 Å². The van der Waals surface area contributed by atoms with Crippen LogP contribution in [0.3, 0.4) is 0 Å². The van der Waals surface area contributed by atoms with Gasteiger partial charge in [-0.15, -0.1) is 0 Å². The van der Waals surface area contributed by atoms with E-state index < -0.39 is 0 Å². The predicted molar refractivity (Wildman–Crippen MR) is 83.3 cm³/mol. The third-order valence-electron chi connectivity index (χ3n) is 3.67. The Bertz CT molecular complexity index is 467. The molecule has 2 rings (SSSR count). The van der Waals surface area contributed by atoms with Gasteiger partial charge in [-0.05, 0) is 38.3 Å². The predicted octanol–water partition coefficient (Wildman–Crippen LogP) is 4.14. The average Bonchev–Trinajstić information content (AvgIpc) is 2.84. The Kier molecular flexibility index (Phi) is 6.00. The van der Waals surface area contributed by atoms with Gasteiger partial charge in [0.25, 0.3) is 0 Å². The fourth-order valence-corrected chi connectivity index (χ4v) is 2.62. The second kappa shape index (κ2) is 7.99. The first-order valence-electron chi connectivity index (χ1n) is 7.77. The number of benzene rings is 1. The Morgan fingerprint density at radius 3 is 2.81 bits per heavy atom. The summed E-state index contributed by atoms with van der Waals surface area (Å²) in [6.07, 6.45) is 8.04. The van der Waals surface area contributed by atoms with E-state index >= 15 is 0 Å². The minimum Gasteiger partial charge on any atom is -0.456 e. The van der Waals surface area contributed by atoms with Crippen LogP contribution in [0.1, 0.15) is 49.9 Å². The van der Waals surface area contributed by atoms with Gasteiger partial charge in [0.05, 0.1) is 17.8 Å². The molecule has 1 heterocycles. The number of rotatable bonds is 6. The molecule has 0 N–H and O–H groups in total. The topological polar surface area (TPSA) is 35.5 Å². The fourth-order valence-electron chi connectivity index (χ4n) is 2.62. The van der Waals surface area contributed by atoms with E-state index in [0.717, 1.165) is 25.7 Å². The van der Waals surface area contributed by atoms with Crippen molar-refractivity contribution in [1.82, 2.24) is 0 Å². The minimum absolute atomic E-state index is 0.00849. The molecule has 0 unspecified atom stereocenters. The van der Waals surface area contributed by atoms with Crippen LogP contribution in [0.15, 0.2) is 42.5 Å². The smallest absolute Gasteiger partial charge is 0.338 e. The lowest BCUT2D eigenvalue weighted by atomic mass is 10.1. The zero-order valence-corrected chi connectivity index (χ0v) is 12.8. The Hall–Kier alpha value is -1.61. The average molecular weight is 288 g/mol. The van der Waals surface area contributed by atoms with E-state index in [4.69, 9.17) is 9.47 Å². The molecule has 114 valence electrons. The molecule has 0 aromatic heterocycles. The summed E-state index contributed by atoms with van der Waals surface area (Å²) in [5, 5.41) is 0. The van der Waals surface area contributed by atoms with Gasteiger partial charge >= 0.3 is 5.97 Å². The maximum Gasteiger partial charge on any atom is 0.338 e. The van der Waals surface area contributed by atoms with Crippen LogP contribution in [0.25, 0.3) is 0 Å². The third-order valence-corrected chi connectivity index (χ3v) is 3.67. The summed E-state index contributed by atoms with van der Waals surface area (Å²) < 4.78 is 11.5. The highest BCUT2D eigenvalue weighted by atomic mass is 16.6. The van der Waals surface area contributed by atoms with Gasteiger partial charge in [-0.2, -0.15) is 0 Å². The maximum absolute atomic E-state index is 12.1. The molecule has 1 aromatic rings. The van der Waals surface area contributed by atoms with E-state index in [9.17, 15) is 4.79 Å². The molecule has 3 heteroatoms. The summed E-state index contributed by atoms with van der Waals surface area (Å²) in [5.74, 6) is -0.257. The van der Waals surface area contributed by atoms with E-state index in [0.29, 0.717) is 5.56 Å². The van der Waals surface area contributed by atoms with Crippen LogP contribution in [0, 0.1) is 0 Å². The lowest BCUT2D eigenvalue weighted by Crippen LogP contribution is -2.27. The Labute approximate surface area is 127 Å². The molecule has 21 heavy (non-hydrogen) atoms. The summed E-state index contributed by atoms with van der Waals surface area (Å²) in [4.78, 5) is 12.1.